The summed E-state index contributed by atoms with van der Waals surface area (Å²) in [6.07, 6.45) is 4.99. The number of nitrogens with one attached hydrogen (secondary N) is 1. The molecule has 0 saturated carbocycles. The van der Waals surface area contributed by atoms with Gasteiger partial charge in [0.2, 0.25) is 5.91 Å². The number of rotatable bonds is 11. The first-order valence-corrected chi connectivity index (χ1v) is 10.0. The molecule has 0 fully saturated rings. The second-order valence-corrected chi connectivity index (χ2v) is 6.88. The average Bonchev–Trinajstić information content (AvgIpc) is 2.83. The highest BCUT2D eigenvalue weighted by Gasteiger charge is 2.22. The summed E-state index contributed by atoms with van der Waals surface area (Å²) in [5.74, 6) is 1.11. The van der Waals surface area contributed by atoms with E-state index in [0.717, 1.165) is 44.8 Å². The van der Waals surface area contributed by atoms with E-state index in [1.807, 2.05) is 13.0 Å². The van der Waals surface area contributed by atoms with Crippen LogP contribution < -0.4 is 10.1 Å². The Hall–Kier alpha value is -1.59. The third-order valence-electron chi connectivity index (χ3n) is 4.65. The summed E-state index contributed by atoms with van der Waals surface area (Å²) in [4.78, 5) is 14.4. The van der Waals surface area contributed by atoms with Crippen molar-refractivity contribution in [3.8, 4) is 5.75 Å². The van der Waals surface area contributed by atoms with Gasteiger partial charge in [-0.3, -0.25) is 9.69 Å². The van der Waals surface area contributed by atoms with Crippen molar-refractivity contribution in [1.82, 2.24) is 10.2 Å². The van der Waals surface area contributed by atoms with Gasteiger partial charge in [-0.05, 0) is 32.3 Å². The lowest BCUT2D eigenvalue weighted by molar-refractivity contribution is -0.121. The maximum absolute atomic E-state index is 12.1. The average molecular weight is 363 g/mol. The quantitative estimate of drug-likeness (QED) is 0.613. The summed E-state index contributed by atoms with van der Waals surface area (Å²) >= 11 is 0. The van der Waals surface area contributed by atoms with E-state index in [2.05, 4.69) is 35.3 Å². The summed E-state index contributed by atoms with van der Waals surface area (Å²) < 4.78 is 11.5. The van der Waals surface area contributed by atoms with E-state index >= 15 is 0 Å². The zero-order valence-corrected chi connectivity index (χ0v) is 16.3. The van der Waals surface area contributed by atoms with Crippen LogP contribution in [-0.2, 0) is 16.1 Å². The Labute approximate surface area is 158 Å². The van der Waals surface area contributed by atoms with Gasteiger partial charge in [0.1, 0.15) is 11.9 Å². The molecular weight excluding hydrogens is 328 g/mol. The maximum atomic E-state index is 12.1. The standard InChI is InChI=1S/C21H34N2O3/c1-3-5-10-19-17-23(16-18-9-6-7-11-20(18)26-19)14-12-21(24)22-13-8-15-25-4-2/h6-7,9,11,19H,3-5,8,10,12-17H2,1-2H3,(H,22,24)/t19-/m0/s1. The summed E-state index contributed by atoms with van der Waals surface area (Å²) in [5.41, 5.74) is 1.21. The third kappa shape index (κ3) is 7.34. The van der Waals surface area contributed by atoms with E-state index in [4.69, 9.17) is 9.47 Å². The van der Waals surface area contributed by atoms with E-state index in [1.54, 1.807) is 0 Å². The number of unbranched alkanes of at least 4 members (excludes halogenated alkanes) is 1. The summed E-state index contributed by atoms with van der Waals surface area (Å²) in [6.45, 7) is 8.79. The lowest BCUT2D eigenvalue weighted by Gasteiger charge is -2.23. The van der Waals surface area contributed by atoms with E-state index < -0.39 is 0 Å². The van der Waals surface area contributed by atoms with Crippen molar-refractivity contribution in [3.05, 3.63) is 29.8 Å². The van der Waals surface area contributed by atoms with Gasteiger partial charge < -0.3 is 14.8 Å². The second-order valence-electron chi connectivity index (χ2n) is 6.88. The number of benzene rings is 1. The van der Waals surface area contributed by atoms with Crippen LogP contribution in [0.1, 0.15) is 51.5 Å². The van der Waals surface area contributed by atoms with Gasteiger partial charge in [0.25, 0.3) is 0 Å². The minimum atomic E-state index is 0.116. The summed E-state index contributed by atoms with van der Waals surface area (Å²) in [5, 5.41) is 2.98. The number of carbonyl (C=O) groups is 1. The van der Waals surface area contributed by atoms with Crippen molar-refractivity contribution >= 4 is 5.91 Å². The molecule has 0 spiro atoms. The molecule has 1 aromatic rings. The van der Waals surface area contributed by atoms with Gasteiger partial charge in [-0.15, -0.1) is 0 Å². The molecule has 1 heterocycles. The first kappa shape index (κ1) is 20.7. The van der Waals surface area contributed by atoms with Crippen LogP contribution in [0, 0.1) is 0 Å². The minimum absolute atomic E-state index is 0.116. The third-order valence-corrected chi connectivity index (χ3v) is 4.65. The normalized spacial score (nSPS) is 17.2. The number of hydrogen-bond acceptors (Lipinski definition) is 4. The molecule has 5 heteroatoms. The second kappa shape index (κ2) is 11.9. The molecule has 1 N–H and O–H groups in total. The van der Waals surface area contributed by atoms with Crippen molar-refractivity contribution in [1.29, 1.82) is 0 Å². The van der Waals surface area contributed by atoms with Crippen LogP contribution in [0.3, 0.4) is 0 Å². The van der Waals surface area contributed by atoms with Gasteiger partial charge >= 0.3 is 0 Å². The fourth-order valence-electron chi connectivity index (χ4n) is 3.21. The predicted molar refractivity (Wildman–Crippen MR) is 104 cm³/mol. The van der Waals surface area contributed by atoms with Gasteiger partial charge in [0.15, 0.2) is 0 Å². The van der Waals surface area contributed by atoms with Crippen LogP contribution in [-0.4, -0.2) is 49.8 Å². The molecule has 0 aromatic heterocycles. The lowest BCUT2D eigenvalue weighted by Crippen LogP contribution is -2.36. The molecule has 2 rings (SSSR count). The number of ether oxygens (including phenoxy) is 2. The van der Waals surface area contributed by atoms with Gasteiger partial charge in [0.05, 0.1) is 0 Å². The van der Waals surface area contributed by atoms with E-state index in [0.29, 0.717) is 19.6 Å². The minimum Gasteiger partial charge on any atom is -0.489 e. The van der Waals surface area contributed by atoms with Gasteiger partial charge in [-0.2, -0.15) is 0 Å². The van der Waals surface area contributed by atoms with Crippen molar-refractivity contribution < 1.29 is 14.3 Å². The van der Waals surface area contributed by atoms with Crippen LogP contribution in [0.15, 0.2) is 24.3 Å². The molecular formula is C21H34N2O3. The number of amides is 1. The van der Waals surface area contributed by atoms with E-state index in [-0.39, 0.29) is 12.0 Å². The highest BCUT2D eigenvalue weighted by atomic mass is 16.5. The van der Waals surface area contributed by atoms with Crippen LogP contribution in [0.2, 0.25) is 0 Å². The number of hydrogen-bond donors (Lipinski definition) is 1. The molecule has 146 valence electrons. The smallest absolute Gasteiger partial charge is 0.221 e. The fraction of sp³-hybridized carbons (Fsp3) is 0.667. The predicted octanol–water partition coefficient (Wildman–Crippen LogP) is 3.37. The van der Waals surface area contributed by atoms with Crippen LogP contribution in [0.5, 0.6) is 5.75 Å². The lowest BCUT2D eigenvalue weighted by atomic mass is 10.1. The number of para-hydroxylation sites is 1. The molecule has 1 aliphatic rings. The van der Waals surface area contributed by atoms with Gasteiger partial charge in [-0.25, -0.2) is 0 Å². The molecule has 0 radical (unpaired) electrons. The van der Waals surface area contributed by atoms with Crippen molar-refractivity contribution in [2.24, 2.45) is 0 Å². The molecule has 26 heavy (non-hydrogen) atoms. The Kier molecular flexibility index (Phi) is 9.50. The molecule has 0 bridgehead atoms. The number of nitrogens with zero attached hydrogens (tertiary/aromatic N) is 1. The highest BCUT2D eigenvalue weighted by molar-refractivity contribution is 5.76. The van der Waals surface area contributed by atoms with Gasteiger partial charge in [-0.1, -0.05) is 31.5 Å². The SMILES string of the molecule is CCCC[C@H]1CN(CCC(=O)NCCCOCC)Cc2ccccc2O1. The monoisotopic (exact) mass is 362 g/mol. The zero-order valence-electron chi connectivity index (χ0n) is 16.3. The molecule has 1 amide bonds. The van der Waals surface area contributed by atoms with Crippen LogP contribution in [0.25, 0.3) is 0 Å². The first-order chi connectivity index (χ1) is 12.7. The van der Waals surface area contributed by atoms with Crippen molar-refractivity contribution in [3.63, 3.8) is 0 Å². The fourth-order valence-corrected chi connectivity index (χ4v) is 3.21. The number of fused-ring (bicyclic) bond motifs is 1. The largest absolute Gasteiger partial charge is 0.489 e. The molecule has 5 nitrogen and oxygen atoms in total. The molecule has 0 unspecified atom stereocenters. The van der Waals surface area contributed by atoms with Gasteiger partial charge in [0, 0.05) is 51.4 Å². The molecule has 1 aromatic carbocycles. The summed E-state index contributed by atoms with van der Waals surface area (Å²) in [7, 11) is 0. The Morgan fingerprint density at radius 2 is 2.15 bits per heavy atom. The zero-order chi connectivity index (χ0) is 18.6. The maximum Gasteiger partial charge on any atom is 0.221 e. The Bertz CT molecular complexity index is 536. The first-order valence-electron chi connectivity index (χ1n) is 10.0. The van der Waals surface area contributed by atoms with E-state index in [9.17, 15) is 4.79 Å². The Morgan fingerprint density at radius 1 is 1.31 bits per heavy atom. The summed E-state index contributed by atoms with van der Waals surface area (Å²) in [6, 6.07) is 8.26. The van der Waals surface area contributed by atoms with E-state index in [1.165, 1.54) is 18.4 Å². The Morgan fingerprint density at radius 3 is 2.96 bits per heavy atom. The molecule has 1 atom stereocenters. The topological polar surface area (TPSA) is 50.8 Å². The molecule has 1 aliphatic heterocycles. The Balaban J connectivity index is 1.82. The van der Waals surface area contributed by atoms with Crippen LogP contribution in [0.4, 0.5) is 0 Å². The number of carbonyl (C=O) groups excluding carboxylic acids is 1. The molecule has 0 saturated heterocycles. The van der Waals surface area contributed by atoms with Crippen LogP contribution >= 0.6 is 0 Å². The highest BCUT2D eigenvalue weighted by Crippen LogP contribution is 2.26. The van der Waals surface area contributed by atoms with Crippen molar-refractivity contribution in [2.75, 3.05) is 32.8 Å². The van der Waals surface area contributed by atoms with Crippen molar-refractivity contribution in [2.45, 2.75) is 58.6 Å². The molecule has 0 aliphatic carbocycles.